The van der Waals surface area contributed by atoms with Crippen LogP contribution >= 0.6 is 0 Å². The zero-order valence-electron chi connectivity index (χ0n) is 10.4. The highest BCUT2D eigenvalue weighted by Gasteiger charge is 2.33. The number of pyridine rings is 1. The number of aromatic nitrogens is 1. The SMILES string of the molecule is COc1cc(C2=CC[C@@H]3CN[C@@H]3C2)cnc1C. The van der Waals surface area contributed by atoms with Gasteiger partial charge in [0, 0.05) is 18.8 Å². The third-order valence-electron chi connectivity index (χ3n) is 3.95. The Morgan fingerprint density at radius 3 is 3.00 bits per heavy atom. The minimum absolute atomic E-state index is 0.683. The molecular weight excluding hydrogens is 212 g/mol. The van der Waals surface area contributed by atoms with Gasteiger partial charge in [-0.2, -0.15) is 0 Å². The first-order valence-corrected chi connectivity index (χ1v) is 6.21. The van der Waals surface area contributed by atoms with Crippen LogP contribution in [0.2, 0.25) is 0 Å². The lowest BCUT2D eigenvalue weighted by Crippen LogP contribution is -2.53. The van der Waals surface area contributed by atoms with Gasteiger partial charge in [0.2, 0.25) is 0 Å². The largest absolute Gasteiger partial charge is 0.495 e. The van der Waals surface area contributed by atoms with E-state index >= 15 is 0 Å². The molecule has 2 atom stereocenters. The second-order valence-corrected chi connectivity index (χ2v) is 4.96. The molecule has 0 saturated carbocycles. The third-order valence-corrected chi connectivity index (χ3v) is 3.95. The van der Waals surface area contributed by atoms with Crippen LogP contribution in [0.1, 0.15) is 24.1 Å². The van der Waals surface area contributed by atoms with E-state index in [1.165, 1.54) is 24.1 Å². The summed E-state index contributed by atoms with van der Waals surface area (Å²) >= 11 is 0. The number of aryl methyl sites for hydroxylation is 1. The van der Waals surface area contributed by atoms with Crippen molar-refractivity contribution >= 4 is 5.57 Å². The summed E-state index contributed by atoms with van der Waals surface area (Å²) < 4.78 is 5.33. The van der Waals surface area contributed by atoms with Crippen LogP contribution in [0, 0.1) is 12.8 Å². The molecule has 2 heterocycles. The van der Waals surface area contributed by atoms with Gasteiger partial charge in [-0.3, -0.25) is 4.98 Å². The number of nitrogens with one attached hydrogen (secondary N) is 1. The van der Waals surface area contributed by atoms with Crippen LogP contribution in [0.4, 0.5) is 0 Å². The first-order valence-electron chi connectivity index (χ1n) is 6.21. The molecule has 3 nitrogen and oxygen atoms in total. The van der Waals surface area contributed by atoms with Gasteiger partial charge in [-0.15, -0.1) is 0 Å². The molecule has 2 aliphatic rings. The molecule has 0 radical (unpaired) electrons. The van der Waals surface area contributed by atoms with E-state index in [4.69, 9.17) is 4.74 Å². The Hall–Kier alpha value is -1.35. The molecule has 0 spiro atoms. The van der Waals surface area contributed by atoms with E-state index in [0.717, 1.165) is 23.8 Å². The van der Waals surface area contributed by atoms with E-state index in [0.29, 0.717) is 6.04 Å². The van der Waals surface area contributed by atoms with Crippen LogP contribution in [0.15, 0.2) is 18.3 Å². The lowest BCUT2D eigenvalue weighted by Gasteiger charge is -2.41. The average molecular weight is 230 g/mol. The van der Waals surface area contributed by atoms with Gasteiger partial charge in [-0.05, 0) is 42.9 Å². The van der Waals surface area contributed by atoms with Crippen LogP contribution in [-0.4, -0.2) is 24.7 Å². The summed E-state index contributed by atoms with van der Waals surface area (Å²) in [5, 5.41) is 3.49. The molecule has 1 saturated heterocycles. The molecule has 0 amide bonds. The van der Waals surface area contributed by atoms with Gasteiger partial charge in [0.15, 0.2) is 0 Å². The highest BCUT2D eigenvalue weighted by molar-refractivity contribution is 5.68. The number of fused-ring (bicyclic) bond motifs is 1. The fourth-order valence-electron chi connectivity index (χ4n) is 2.68. The van der Waals surface area contributed by atoms with Crippen molar-refractivity contribution in [3.63, 3.8) is 0 Å². The Morgan fingerprint density at radius 1 is 1.47 bits per heavy atom. The van der Waals surface area contributed by atoms with E-state index in [1.807, 2.05) is 13.1 Å². The number of allylic oxidation sites excluding steroid dienone is 1. The van der Waals surface area contributed by atoms with Crippen LogP contribution in [0.25, 0.3) is 5.57 Å². The second kappa shape index (κ2) is 4.15. The van der Waals surface area contributed by atoms with Crippen molar-refractivity contribution in [2.24, 2.45) is 5.92 Å². The predicted molar refractivity (Wildman–Crippen MR) is 68.0 cm³/mol. The maximum atomic E-state index is 5.33. The second-order valence-electron chi connectivity index (χ2n) is 4.96. The highest BCUT2D eigenvalue weighted by Crippen LogP contribution is 2.35. The Balaban J connectivity index is 1.88. The van der Waals surface area contributed by atoms with Crippen LogP contribution in [-0.2, 0) is 0 Å². The molecule has 1 N–H and O–H groups in total. The fraction of sp³-hybridized carbons (Fsp3) is 0.500. The monoisotopic (exact) mass is 230 g/mol. The van der Waals surface area contributed by atoms with Crippen LogP contribution in [0.3, 0.4) is 0 Å². The summed E-state index contributed by atoms with van der Waals surface area (Å²) in [6.45, 7) is 3.16. The van der Waals surface area contributed by atoms with Crippen LogP contribution < -0.4 is 10.1 Å². The quantitative estimate of drug-likeness (QED) is 0.845. The molecule has 17 heavy (non-hydrogen) atoms. The molecule has 0 bridgehead atoms. The molecule has 1 aromatic heterocycles. The van der Waals surface area contributed by atoms with E-state index in [1.54, 1.807) is 7.11 Å². The van der Waals surface area contributed by atoms with Gasteiger partial charge in [0.1, 0.15) is 5.75 Å². The number of ether oxygens (including phenoxy) is 1. The normalized spacial score (nSPS) is 26.8. The third kappa shape index (κ3) is 1.84. The minimum atomic E-state index is 0.683. The van der Waals surface area contributed by atoms with Crippen molar-refractivity contribution in [2.45, 2.75) is 25.8 Å². The number of rotatable bonds is 2. The Morgan fingerprint density at radius 2 is 2.35 bits per heavy atom. The number of hydrogen-bond acceptors (Lipinski definition) is 3. The molecule has 0 aromatic carbocycles. The summed E-state index contributed by atoms with van der Waals surface area (Å²) in [5.41, 5.74) is 3.57. The number of nitrogens with zero attached hydrogens (tertiary/aromatic N) is 1. The molecule has 90 valence electrons. The maximum Gasteiger partial charge on any atom is 0.140 e. The minimum Gasteiger partial charge on any atom is -0.495 e. The van der Waals surface area contributed by atoms with Gasteiger partial charge in [-0.25, -0.2) is 0 Å². The lowest BCUT2D eigenvalue weighted by molar-refractivity contribution is 0.230. The summed E-state index contributed by atoms with van der Waals surface area (Å²) in [5.74, 6) is 1.74. The highest BCUT2D eigenvalue weighted by atomic mass is 16.5. The zero-order valence-corrected chi connectivity index (χ0v) is 10.4. The Kier molecular flexibility index (Phi) is 2.63. The molecule has 3 heteroatoms. The Labute approximate surface area is 102 Å². The van der Waals surface area contributed by atoms with Gasteiger partial charge < -0.3 is 10.1 Å². The van der Waals surface area contributed by atoms with Crippen molar-refractivity contribution in [3.05, 3.63) is 29.6 Å². The molecule has 1 aliphatic heterocycles. The Bertz CT molecular complexity index is 467. The number of methoxy groups -OCH3 is 1. The van der Waals surface area contributed by atoms with E-state index in [2.05, 4.69) is 22.4 Å². The first-order chi connectivity index (χ1) is 8.28. The molecule has 0 unspecified atom stereocenters. The zero-order chi connectivity index (χ0) is 11.8. The van der Waals surface area contributed by atoms with Crippen LogP contribution in [0.5, 0.6) is 5.75 Å². The van der Waals surface area contributed by atoms with Gasteiger partial charge in [-0.1, -0.05) is 6.08 Å². The fourth-order valence-corrected chi connectivity index (χ4v) is 2.68. The molecule has 1 aromatic rings. The first kappa shape index (κ1) is 10.8. The summed E-state index contributed by atoms with van der Waals surface area (Å²) in [6, 6.07) is 2.79. The molecule has 3 rings (SSSR count). The standard InChI is InChI=1S/C14H18N2O/c1-9-14(17-2)6-12(8-15-9)10-3-4-11-7-16-13(11)5-10/h3,6,8,11,13,16H,4-5,7H2,1-2H3/t11-,13-/m1/s1. The van der Waals surface area contributed by atoms with Crippen molar-refractivity contribution in [1.29, 1.82) is 0 Å². The molecule has 1 fully saturated rings. The van der Waals surface area contributed by atoms with Gasteiger partial charge in [0.05, 0.1) is 12.8 Å². The smallest absolute Gasteiger partial charge is 0.140 e. The van der Waals surface area contributed by atoms with Crippen molar-refractivity contribution in [2.75, 3.05) is 13.7 Å². The average Bonchev–Trinajstić information content (AvgIpc) is 2.32. The van der Waals surface area contributed by atoms with E-state index < -0.39 is 0 Å². The summed E-state index contributed by atoms with van der Waals surface area (Å²) in [6.07, 6.45) is 6.65. The van der Waals surface area contributed by atoms with Crippen molar-refractivity contribution in [3.8, 4) is 5.75 Å². The topological polar surface area (TPSA) is 34.1 Å². The maximum absolute atomic E-state index is 5.33. The predicted octanol–water partition coefficient (Wildman–Crippen LogP) is 2.16. The summed E-state index contributed by atoms with van der Waals surface area (Å²) in [7, 11) is 1.70. The summed E-state index contributed by atoms with van der Waals surface area (Å²) in [4.78, 5) is 4.40. The van der Waals surface area contributed by atoms with Gasteiger partial charge in [0.25, 0.3) is 0 Å². The molecular formula is C14H18N2O. The van der Waals surface area contributed by atoms with E-state index in [-0.39, 0.29) is 0 Å². The molecule has 1 aliphatic carbocycles. The van der Waals surface area contributed by atoms with Gasteiger partial charge >= 0.3 is 0 Å². The number of hydrogen-bond donors (Lipinski definition) is 1. The lowest BCUT2D eigenvalue weighted by atomic mass is 9.78. The van der Waals surface area contributed by atoms with E-state index in [9.17, 15) is 0 Å². The van der Waals surface area contributed by atoms with Crippen molar-refractivity contribution in [1.82, 2.24) is 10.3 Å². The van der Waals surface area contributed by atoms with Crippen molar-refractivity contribution < 1.29 is 4.74 Å².